The van der Waals surface area contributed by atoms with Crippen LogP contribution in [0.25, 0.3) is 0 Å². The lowest BCUT2D eigenvalue weighted by molar-refractivity contribution is 0.0995. The summed E-state index contributed by atoms with van der Waals surface area (Å²) in [6.45, 7) is 8.55. The molecule has 6 heteroatoms. The lowest BCUT2D eigenvalue weighted by Gasteiger charge is -2.24. The third kappa shape index (κ3) is 4.95. The second-order valence-electron chi connectivity index (χ2n) is 6.33. The molecule has 1 aromatic heterocycles. The van der Waals surface area contributed by atoms with Gasteiger partial charge in [-0.3, -0.25) is 9.78 Å². The monoisotopic (exact) mass is 314 g/mol. The number of rotatable bonds is 5. The van der Waals surface area contributed by atoms with Gasteiger partial charge in [-0.1, -0.05) is 12.1 Å². The molecule has 0 aliphatic rings. The van der Waals surface area contributed by atoms with E-state index in [0.717, 1.165) is 16.9 Å². The fraction of sp³-hybridized carbons (Fsp3) is 0.353. The number of carbonyl (C=O) groups is 1. The van der Waals surface area contributed by atoms with Crippen molar-refractivity contribution in [3.63, 3.8) is 0 Å². The highest BCUT2D eigenvalue weighted by Gasteiger charge is 2.15. The fourth-order valence-electron chi connectivity index (χ4n) is 1.99. The van der Waals surface area contributed by atoms with Crippen molar-refractivity contribution < 1.29 is 9.53 Å². The molecule has 1 amide bonds. The summed E-state index contributed by atoms with van der Waals surface area (Å²) in [7, 11) is 0. The van der Waals surface area contributed by atoms with Crippen molar-refractivity contribution in [2.45, 2.75) is 39.8 Å². The van der Waals surface area contributed by atoms with Crippen LogP contribution in [0.1, 0.15) is 42.4 Å². The zero-order valence-corrected chi connectivity index (χ0v) is 13.9. The number of nitrogens with one attached hydrogen (secondary N) is 1. The van der Waals surface area contributed by atoms with Gasteiger partial charge >= 0.3 is 0 Å². The fourth-order valence-corrected chi connectivity index (χ4v) is 1.99. The van der Waals surface area contributed by atoms with Gasteiger partial charge in [0.2, 0.25) is 0 Å². The number of nitrogens with zero attached hydrogens (tertiary/aromatic N) is 2. The van der Waals surface area contributed by atoms with Gasteiger partial charge in [-0.2, -0.15) is 0 Å². The Balaban J connectivity index is 2.17. The summed E-state index contributed by atoms with van der Waals surface area (Å²) in [6.07, 6.45) is 2.89. The van der Waals surface area contributed by atoms with E-state index in [4.69, 9.17) is 10.5 Å². The molecule has 0 bridgehead atoms. The number of benzene rings is 1. The molecule has 0 aliphatic heterocycles. The van der Waals surface area contributed by atoms with Crippen LogP contribution in [0.5, 0.6) is 5.75 Å². The highest BCUT2D eigenvalue weighted by Crippen LogP contribution is 2.25. The average molecular weight is 314 g/mol. The van der Waals surface area contributed by atoms with Gasteiger partial charge in [0.05, 0.1) is 12.4 Å². The molecular formula is C17H22N4O2. The molecule has 0 radical (unpaired) electrons. The van der Waals surface area contributed by atoms with Crippen molar-refractivity contribution in [1.82, 2.24) is 9.97 Å². The summed E-state index contributed by atoms with van der Waals surface area (Å²) >= 11 is 0. The Labute approximate surface area is 136 Å². The highest BCUT2D eigenvalue weighted by atomic mass is 16.5. The Kier molecular flexibility index (Phi) is 4.83. The summed E-state index contributed by atoms with van der Waals surface area (Å²) in [5.74, 6) is 0.709. The third-order valence-corrected chi connectivity index (χ3v) is 2.99. The van der Waals surface area contributed by atoms with Crippen LogP contribution in [-0.2, 0) is 6.54 Å². The number of hydrogen-bond acceptors (Lipinski definition) is 5. The van der Waals surface area contributed by atoms with Crippen LogP contribution in [-0.4, -0.2) is 21.5 Å². The Morgan fingerprint density at radius 2 is 2.04 bits per heavy atom. The van der Waals surface area contributed by atoms with Gasteiger partial charge in [-0.25, -0.2) is 4.98 Å². The second-order valence-corrected chi connectivity index (χ2v) is 6.33. The number of aryl methyl sites for hydroxylation is 1. The summed E-state index contributed by atoms with van der Waals surface area (Å²) in [4.78, 5) is 19.2. The molecule has 0 saturated carbocycles. The third-order valence-electron chi connectivity index (χ3n) is 2.99. The van der Waals surface area contributed by atoms with Crippen LogP contribution in [0.3, 0.4) is 0 Å². The van der Waals surface area contributed by atoms with Gasteiger partial charge < -0.3 is 15.8 Å². The van der Waals surface area contributed by atoms with Crippen molar-refractivity contribution in [3.8, 4) is 5.75 Å². The minimum atomic E-state index is -0.603. The molecule has 23 heavy (non-hydrogen) atoms. The van der Waals surface area contributed by atoms with E-state index in [2.05, 4.69) is 15.3 Å². The van der Waals surface area contributed by atoms with Gasteiger partial charge in [0.1, 0.15) is 22.9 Å². The molecule has 0 aliphatic carbocycles. The Bertz CT molecular complexity index is 708. The summed E-state index contributed by atoms with van der Waals surface area (Å²) in [5.41, 5.74) is 7.18. The van der Waals surface area contributed by atoms with Crippen LogP contribution < -0.4 is 15.8 Å². The van der Waals surface area contributed by atoms with Crippen LogP contribution in [0.15, 0.2) is 30.6 Å². The molecule has 0 unspecified atom stereocenters. The van der Waals surface area contributed by atoms with Gasteiger partial charge in [0.25, 0.3) is 5.91 Å². The first kappa shape index (κ1) is 16.7. The maximum Gasteiger partial charge on any atom is 0.268 e. The van der Waals surface area contributed by atoms with E-state index >= 15 is 0 Å². The number of amides is 1. The number of nitrogens with two attached hydrogens (primary N) is 1. The smallest absolute Gasteiger partial charge is 0.268 e. The number of hydrogen-bond donors (Lipinski definition) is 2. The van der Waals surface area contributed by atoms with E-state index in [1.807, 2.05) is 45.9 Å². The number of anilines is 1. The minimum Gasteiger partial charge on any atom is -0.488 e. The first-order chi connectivity index (χ1) is 10.7. The number of aromatic nitrogens is 2. The first-order valence-corrected chi connectivity index (χ1v) is 7.39. The SMILES string of the molecule is Cc1ccc(CNc2cncc(C(N)=O)n2)c(OC(C)(C)C)c1. The highest BCUT2D eigenvalue weighted by molar-refractivity contribution is 5.90. The zero-order valence-electron chi connectivity index (χ0n) is 13.9. The number of primary amides is 1. The Morgan fingerprint density at radius 3 is 2.70 bits per heavy atom. The topological polar surface area (TPSA) is 90.1 Å². The standard InChI is InChI=1S/C17H22N4O2/c1-11-5-6-12(14(7-11)23-17(2,3)4)8-20-15-10-19-9-13(21-15)16(18)22/h5-7,9-10H,8H2,1-4H3,(H2,18,22)(H,20,21). The molecule has 2 aromatic rings. The van der Waals surface area contributed by atoms with E-state index in [1.165, 1.54) is 6.20 Å². The molecule has 1 heterocycles. The Morgan fingerprint density at radius 1 is 1.30 bits per heavy atom. The summed E-state index contributed by atoms with van der Waals surface area (Å²) in [6, 6.07) is 6.04. The van der Waals surface area contributed by atoms with E-state index < -0.39 is 5.91 Å². The lowest BCUT2D eigenvalue weighted by atomic mass is 10.1. The van der Waals surface area contributed by atoms with Gasteiger partial charge in [0.15, 0.2) is 0 Å². The molecule has 122 valence electrons. The summed E-state index contributed by atoms with van der Waals surface area (Å²) in [5, 5.41) is 3.14. The molecule has 0 spiro atoms. The Hall–Kier alpha value is -2.63. The normalized spacial score (nSPS) is 11.1. The zero-order chi connectivity index (χ0) is 17.0. The molecule has 1 aromatic carbocycles. The van der Waals surface area contributed by atoms with Crippen LogP contribution in [0, 0.1) is 6.92 Å². The van der Waals surface area contributed by atoms with E-state index in [1.54, 1.807) is 6.20 Å². The van der Waals surface area contributed by atoms with Crippen molar-refractivity contribution >= 4 is 11.7 Å². The van der Waals surface area contributed by atoms with Crippen molar-refractivity contribution in [3.05, 3.63) is 47.4 Å². The molecule has 3 N–H and O–H groups in total. The molecular weight excluding hydrogens is 292 g/mol. The largest absolute Gasteiger partial charge is 0.488 e. The van der Waals surface area contributed by atoms with Crippen LogP contribution in [0.4, 0.5) is 5.82 Å². The molecule has 2 rings (SSSR count). The first-order valence-electron chi connectivity index (χ1n) is 7.39. The van der Waals surface area contributed by atoms with E-state index in [9.17, 15) is 4.79 Å². The molecule has 0 saturated heterocycles. The predicted octanol–water partition coefficient (Wildman–Crippen LogP) is 2.67. The van der Waals surface area contributed by atoms with E-state index in [0.29, 0.717) is 12.4 Å². The number of ether oxygens (including phenoxy) is 1. The van der Waals surface area contributed by atoms with E-state index in [-0.39, 0.29) is 11.3 Å². The molecule has 6 nitrogen and oxygen atoms in total. The van der Waals surface area contributed by atoms with Gasteiger partial charge in [-0.05, 0) is 39.3 Å². The molecule has 0 atom stereocenters. The minimum absolute atomic E-state index is 0.130. The van der Waals surface area contributed by atoms with Crippen molar-refractivity contribution in [2.75, 3.05) is 5.32 Å². The van der Waals surface area contributed by atoms with Crippen molar-refractivity contribution in [2.24, 2.45) is 5.73 Å². The van der Waals surface area contributed by atoms with Crippen LogP contribution >= 0.6 is 0 Å². The quantitative estimate of drug-likeness (QED) is 0.885. The molecule has 0 fully saturated rings. The van der Waals surface area contributed by atoms with Gasteiger partial charge in [-0.15, -0.1) is 0 Å². The maximum absolute atomic E-state index is 11.1. The average Bonchev–Trinajstić information content (AvgIpc) is 2.45. The number of carbonyl (C=O) groups excluding carboxylic acids is 1. The van der Waals surface area contributed by atoms with Gasteiger partial charge in [0, 0.05) is 12.1 Å². The summed E-state index contributed by atoms with van der Waals surface area (Å²) < 4.78 is 6.01. The van der Waals surface area contributed by atoms with Crippen LogP contribution in [0.2, 0.25) is 0 Å². The van der Waals surface area contributed by atoms with Crippen molar-refractivity contribution in [1.29, 1.82) is 0 Å². The second kappa shape index (κ2) is 6.64. The lowest BCUT2D eigenvalue weighted by Crippen LogP contribution is -2.24. The maximum atomic E-state index is 11.1. The predicted molar refractivity (Wildman–Crippen MR) is 89.4 cm³/mol.